The van der Waals surface area contributed by atoms with Crippen LogP contribution in [-0.4, -0.2) is 61.0 Å². The summed E-state index contributed by atoms with van der Waals surface area (Å²) < 4.78 is 11.0. The first-order valence-corrected chi connectivity index (χ1v) is 9.26. The Balaban J connectivity index is 1.41. The fourth-order valence-electron chi connectivity index (χ4n) is 2.92. The Bertz CT molecular complexity index is 779. The van der Waals surface area contributed by atoms with Crippen LogP contribution in [0.15, 0.2) is 54.6 Å². The van der Waals surface area contributed by atoms with Crippen molar-refractivity contribution in [3.63, 3.8) is 0 Å². The summed E-state index contributed by atoms with van der Waals surface area (Å²) in [4.78, 5) is 26.0. The van der Waals surface area contributed by atoms with E-state index in [4.69, 9.17) is 9.47 Å². The second-order valence-corrected chi connectivity index (χ2v) is 6.55. The molecule has 1 aliphatic rings. The van der Waals surface area contributed by atoms with Crippen LogP contribution in [0, 0.1) is 0 Å². The van der Waals surface area contributed by atoms with Crippen molar-refractivity contribution in [2.75, 3.05) is 32.8 Å². The number of phenols is 1. The highest BCUT2D eigenvalue weighted by atomic mass is 16.6. The van der Waals surface area contributed by atoms with Crippen LogP contribution in [0.5, 0.6) is 5.75 Å². The van der Waals surface area contributed by atoms with Crippen LogP contribution in [0.1, 0.15) is 15.9 Å². The van der Waals surface area contributed by atoms with E-state index in [0.717, 1.165) is 5.56 Å². The van der Waals surface area contributed by atoms with Gasteiger partial charge in [0.25, 0.3) is 5.91 Å². The molecular formula is C21H24N2O5. The minimum atomic E-state index is -0.367. The van der Waals surface area contributed by atoms with Gasteiger partial charge in [-0.3, -0.25) is 4.79 Å². The van der Waals surface area contributed by atoms with Crippen molar-refractivity contribution in [3.8, 4) is 5.75 Å². The molecule has 2 amide bonds. The van der Waals surface area contributed by atoms with Crippen molar-refractivity contribution in [1.29, 1.82) is 0 Å². The minimum Gasteiger partial charge on any atom is -0.508 e. The fraction of sp³-hybridized carbons (Fsp3) is 0.333. The summed E-state index contributed by atoms with van der Waals surface area (Å²) in [5.41, 5.74) is 1.57. The minimum absolute atomic E-state index is 0.105. The van der Waals surface area contributed by atoms with Crippen LogP contribution in [-0.2, 0) is 15.9 Å². The lowest BCUT2D eigenvalue weighted by Gasteiger charge is -2.32. The van der Waals surface area contributed by atoms with Crippen LogP contribution in [0.3, 0.4) is 0 Å². The van der Waals surface area contributed by atoms with Gasteiger partial charge in [0.1, 0.15) is 5.75 Å². The predicted molar refractivity (Wildman–Crippen MR) is 103 cm³/mol. The molecule has 1 fully saturated rings. The molecule has 148 valence electrons. The zero-order chi connectivity index (χ0) is 19.8. The molecular weight excluding hydrogens is 360 g/mol. The summed E-state index contributed by atoms with van der Waals surface area (Å²) in [7, 11) is 0. The molecule has 0 radical (unpaired) electrons. The van der Waals surface area contributed by atoms with E-state index in [9.17, 15) is 14.7 Å². The van der Waals surface area contributed by atoms with E-state index in [1.807, 2.05) is 30.3 Å². The number of rotatable bonds is 6. The maximum absolute atomic E-state index is 12.3. The Labute approximate surface area is 163 Å². The number of hydrogen-bond donors (Lipinski definition) is 2. The first-order chi connectivity index (χ1) is 13.6. The average molecular weight is 384 g/mol. The maximum atomic E-state index is 12.3. The molecule has 2 aromatic carbocycles. The molecule has 1 saturated heterocycles. The third kappa shape index (κ3) is 5.72. The molecule has 0 aromatic heterocycles. The third-order valence-corrected chi connectivity index (χ3v) is 4.48. The van der Waals surface area contributed by atoms with Crippen molar-refractivity contribution < 1.29 is 24.2 Å². The van der Waals surface area contributed by atoms with Gasteiger partial charge >= 0.3 is 6.09 Å². The first-order valence-electron chi connectivity index (χ1n) is 9.26. The van der Waals surface area contributed by atoms with Gasteiger partial charge in [-0.2, -0.15) is 0 Å². The second kappa shape index (κ2) is 9.75. The van der Waals surface area contributed by atoms with E-state index >= 15 is 0 Å². The van der Waals surface area contributed by atoms with Crippen LogP contribution < -0.4 is 5.32 Å². The molecule has 3 rings (SSSR count). The van der Waals surface area contributed by atoms with Crippen LogP contribution >= 0.6 is 0 Å². The highest BCUT2D eigenvalue weighted by molar-refractivity contribution is 5.94. The molecule has 2 aromatic rings. The Morgan fingerprint density at radius 3 is 2.64 bits per heavy atom. The molecule has 0 aliphatic carbocycles. The number of phenolic OH excluding ortho intramolecular Hbond substituents is 1. The van der Waals surface area contributed by atoms with E-state index in [-0.39, 0.29) is 30.4 Å². The molecule has 0 spiro atoms. The summed E-state index contributed by atoms with van der Waals surface area (Å²) in [6.45, 7) is 1.83. The average Bonchev–Trinajstić information content (AvgIpc) is 2.73. The predicted octanol–water partition coefficient (Wildman–Crippen LogP) is 2.20. The fourth-order valence-corrected chi connectivity index (χ4v) is 2.92. The number of nitrogens with one attached hydrogen (secondary N) is 1. The summed E-state index contributed by atoms with van der Waals surface area (Å²) >= 11 is 0. The lowest BCUT2D eigenvalue weighted by Crippen LogP contribution is -2.49. The van der Waals surface area contributed by atoms with Crippen LogP contribution in [0.25, 0.3) is 0 Å². The Morgan fingerprint density at radius 2 is 1.89 bits per heavy atom. The molecule has 28 heavy (non-hydrogen) atoms. The largest absolute Gasteiger partial charge is 0.508 e. The van der Waals surface area contributed by atoms with E-state index < -0.39 is 0 Å². The molecule has 0 saturated carbocycles. The lowest BCUT2D eigenvalue weighted by molar-refractivity contribution is -0.0252. The standard InChI is InChI=1S/C21H24N2O5/c24-18-8-6-17(7-9-18)20(25)22-14-19-15-23(11-13-27-19)21(26)28-12-10-16-4-2-1-3-5-16/h1-9,19,24H,10-15H2,(H,22,25). The van der Waals surface area contributed by atoms with Gasteiger partial charge < -0.3 is 24.8 Å². The van der Waals surface area contributed by atoms with Gasteiger partial charge in [0.2, 0.25) is 0 Å². The molecule has 1 heterocycles. The van der Waals surface area contributed by atoms with Crippen LogP contribution in [0.2, 0.25) is 0 Å². The van der Waals surface area contributed by atoms with Gasteiger partial charge in [0.05, 0.1) is 25.9 Å². The second-order valence-electron chi connectivity index (χ2n) is 6.55. The van der Waals surface area contributed by atoms with E-state index in [1.165, 1.54) is 12.1 Å². The van der Waals surface area contributed by atoms with Crippen molar-refractivity contribution >= 4 is 12.0 Å². The maximum Gasteiger partial charge on any atom is 0.409 e. The number of carbonyl (C=O) groups excluding carboxylic acids is 2. The number of ether oxygens (including phenoxy) is 2. The molecule has 7 nitrogen and oxygen atoms in total. The van der Waals surface area contributed by atoms with E-state index in [2.05, 4.69) is 5.32 Å². The quantitative estimate of drug-likeness (QED) is 0.797. The van der Waals surface area contributed by atoms with Crippen LogP contribution in [0.4, 0.5) is 4.79 Å². The monoisotopic (exact) mass is 384 g/mol. The number of hydrogen-bond acceptors (Lipinski definition) is 5. The van der Waals surface area contributed by atoms with Gasteiger partial charge in [0, 0.05) is 25.1 Å². The Morgan fingerprint density at radius 1 is 1.14 bits per heavy atom. The summed E-state index contributed by atoms with van der Waals surface area (Å²) in [5.74, 6) is -0.153. The topological polar surface area (TPSA) is 88.1 Å². The number of carbonyl (C=O) groups is 2. The molecule has 1 aliphatic heterocycles. The highest BCUT2D eigenvalue weighted by Crippen LogP contribution is 2.10. The molecule has 1 unspecified atom stereocenters. The Hall–Kier alpha value is -3.06. The number of aromatic hydroxyl groups is 1. The summed E-state index contributed by atoms with van der Waals surface area (Å²) in [6, 6.07) is 15.9. The van der Waals surface area contributed by atoms with Gasteiger partial charge in [-0.15, -0.1) is 0 Å². The number of amides is 2. The van der Waals surface area contributed by atoms with Gasteiger partial charge in [-0.1, -0.05) is 30.3 Å². The number of morpholine rings is 1. The third-order valence-electron chi connectivity index (χ3n) is 4.48. The number of benzene rings is 2. The SMILES string of the molecule is O=C(NCC1CN(C(=O)OCCc2ccccc2)CCO1)c1ccc(O)cc1. The first kappa shape index (κ1) is 19.7. The van der Waals surface area contributed by atoms with Gasteiger partial charge in [0.15, 0.2) is 0 Å². The van der Waals surface area contributed by atoms with Crippen molar-refractivity contribution in [3.05, 3.63) is 65.7 Å². The smallest absolute Gasteiger partial charge is 0.409 e. The molecule has 7 heteroatoms. The summed E-state index contributed by atoms with van der Waals surface area (Å²) in [5, 5.41) is 12.1. The molecule has 0 bridgehead atoms. The van der Waals surface area contributed by atoms with Crippen molar-refractivity contribution in [2.45, 2.75) is 12.5 Å². The Kier molecular flexibility index (Phi) is 6.86. The van der Waals surface area contributed by atoms with E-state index in [0.29, 0.717) is 38.3 Å². The summed E-state index contributed by atoms with van der Waals surface area (Å²) in [6.07, 6.45) is 0.00818. The van der Waals surface area contributed by atoms with Crippen molar-refractivity contribution in [2.24, 2.45) is 0 Å². The van der Waals surface area contributed by atoms with Crippen molar-refractivity contribution in [1.82, 2.24) is 10.2 Å². The molecule has 2 N–H and O–H groups in total. The number of nitrogens with zero attached hydrogens (tertiary/aromatic N) is 1. The zero-order valence-corrected chi connectivity index (χ0v) is 15.5. The zero-order valence-electron chi connectivity index (χ0n) is 15.5. The molecule has 1 atom stereocenters. The van der Waals surface area contributed by atoms with E-state index in [1.54, 1.807) is 17.0 Å². The van der Waals surface area contributed by atoms with Gasteiger partial charge in [-0.05, 0) is 29.8 Å². The van der Waals surface area contributed by atoms with Gasteiger partial charge in [-0.25, -0.2) is 4.79 Å². The normalized spacial score (nSPS) is 16.4. The lowest BCUT2D eigenvalue weighted by atomic mass is 10.2. The highest BCUT2D eigenvalue weighted by Gasteiger charge is 2.25.